The second kappa shape index (κ2) is 4.42. The maximum absolute atomic E-state index is 10.7. The first-order valence-electron chi connectivity index (χ1n) is 4.45. The molecule has 4 nitrogen and oxygen atoms in total. The number of carbonyl (C=O) groups is 1. The molecule has 1 rings (SSSR count). The number of hydrogen-bond acceptors (Lipinski definition) is 3. The fourth-order valence-electron chi connectivity index (χ4n) is 1.69. The van der Waals surface area contributed by atoms with Crippen LogP contribution in [0, 0.1) is 0 Å². The lowest BCUT2D eigenvalue weighted by Crippen LogP contribution is -2.43. The van der Waals surface area contributed by atoms with Gasteiger partial charge in [-0.05, 0) is 25.7 Å². The molecule has 1 aliphatic carbocycles. The third-order valence-electron chi connectivity index (χ3n) is 2.37. The second-order valence-electron chi connectivity index (χ2n) is 3.42. The predicted octanol–water partition coefficient (Wildman–Crippen LogP) is -0.103. The number of nitrogens with two attached hydrogens (primary N) is 1. The fraction of sp³-hybridized carbons (Fsp3) is 0.875. The van der Waals surface area contributed by atoms with Crippen LogP contribution in [0.25, 0.3) is 0 Å². The van der Waals surface area contributed by atoms with Gasteiger partial charge in [0.1, 0.15) is 0 Å². The minimum atomic E-state index is 0.0687. The van der Waals surface area contributed by atoms with E-state index in [1.165, 1.54) is 0 Å². The summed E-state index contributed by atoms with van der Waals surface area (Å²) in [4.78, 5) is 10.7. The zero-order chi connectivity index (χ0) is 8.97. The van der Waals surface area contributed by atoms with Gasteiger partial charge in [0, 0.05) is 19.0 Å². The molecule has 12 heavy (non-hydrogen) atoms. The molecule has 0 aromatic heterocycles. The van der Waals surface area contributed by atoms with Gasteiger partial charge in [-0.1, -0.05) is 0 Å². The van der Waals surface area contributed by atoms with Gasteiger partial charge in [0.15, 0.2) is 0 Å². The minimum Gasteiger partial charge on any atom is -0.354 e. The van der Waals surface area contributed by atoms with Crippen LogP contribution in [0.3, 0.4) is 0 Å². The molecule has 4 N–H and O–H groups in total. The SMILES string of the molecule is CC(=O)NC1CCC(NN)CC1. The van der Waals surface area contributed by atoms with Gasteiger partial charge in [0.05, 0.1) is 0 Å². The van der Waals surface area contributed by atoms with Crippen LogP contribution in [0.5, 0.6) is 0 Å². The van der Waals surface area contributed by atoms with Gasteiger partial charge in [-0.2, -0.15) is 0 Å². The van der Waals surface area contributed by atoms with Gasteiger partial charge in [-0.15, -0.1) is 0 Å². The Kier molecular flexibility index (Phi) is 3.49. The highest BCUT2D eigenvalue weighted by molar-refractivity contribution is 5.73. The van der Waals surface area contributed by atoms with Gasteiger partial charge < -0.3 is 5.32 Å². The molecule has 4 heteroatoms. The normalized spacial score (nSPS) is 29.8. The number of carbonyl (C=O) groups excluding carboxylic acids is 1. The summed E-state index contributed by atoms with van der Waals surface area (Å²) < 4.78 is 0. The Morgan fingerprint density at radius 3 is 2.17 bits per heavy atom. The van der Waals surface area contributed by atoms with Crippen LogP contribution in [0.4, 0.5) is 0 Å². The van der Waals surface area contributed by atoms with Crippen molar-refractivity contribution in [3.05, 3.63) is 0 Å². The van der Waals surface area contributed by atoms with Gasteiger partial charge in [0.2, 0.25) is 5.91 Å². The highest BCUT2D eigenvalue weighted by Crippen LogP contribution is 2.17. The van der Waals surface area contributed by atoms with Crippen molar-refractivity contribution in [2.24, 2.45) is 5.84 Å². The van der Waals surface area contributed by atoms with Crippen molar-refractivity contribution in [2.45, 2.75) is 44.7 Å². The molecule has 0 heterocycles. The average Bonchev–Trinajstić information content (AvgIpc) is 2.05. The lowest BCUT2D eigenvalue weighted by atomic mass is 9.91. The molecule has 0 unspecified atom stereocenters. The predicted molar refractivity (Wildman–Crippen MR) is 47.2 cm³/mol. The summed E-state index contributed by atoms with van der Waals surface area (Å²) >= 11 is 0. The second-order valence-corrected chi connectivity index (χ2v) is 3.42. The Bertz CT molecular complexity index is 152. The topological polar surface area (TPSA) is 67.2 Å². The standard InChI is InChI=1S/C8H17N3O/c1-6(12)10-7-2-4-8(11-9)5-3-7/h7-8,11H,2-5,9H2,1H3,(H,10,12). The molecule has 0 aliphatic heterocycles. The summed E-state index contributed by atoms with van der Waals surface area (Å²) in [6.45, 7) is 1.56. The van der Waals surface area contributed by atoms with E-state index >= 15 is 0 Å². The molecule has 1 amide bonds. The van der Waals surface area contributed by atoms with Crippen LogP contribution in [0.15, 0.2) is 0 Å². The van der Waals surface area contributed by atoms with E-state index < -0.39 is 0 Å². The maximum Gasteiger partial charge on any atom is 0.217 e. The molecule has 0 bridgehead atoms. The third-order valence-corrected chi connectivity index (χ3v) is 2.37. The molecule has 1 saturated carbocycles. The van der Waals surface area contributed by atoms with Crippen molar-refractivity contribution in [1.29, 1.82) is 0 Å². The molecule has 1 aliphatic rings. The van der Waals surface area contributed by atoms with E-state index in [0.717, 1.165) is 25.7 Å². The maximum atomic E-state index is 10.7. The van der Waals surface area contributed by atoms with Gasteiger partial charge in [-0.3, -0.25) is 16.1 Å². The largest absolute Gasteiger partial charge is 0.354 e. The fourth-order valence-corrected chi connectivity index (χ4v) is 1.69. The summed E-state index contributed by atoms with van der Waals surface area (Å²) in [6.07, 6.45) is 4.19. The van der Waals surface area contributed by atoms with E-state index in [9.17, 15) is 4.79 Å². The van der Waals surface area contributed by atoms with Gasteiger partial charge >= 0.3 is 0 Å². The number of hydrazine groups is 1. The third kappa shape index (κ3) is 2.79. The summed E-state index contributed by atoms with van der Waals surface area (Å²) in [5, 5.41) is 2.92. The van der Waals surface area contributed by atoms with E-state index in [-0.39, 0.29) is 5.91 Å². The zero-order valence-corrected chi connectivity index (χ0v) is 7.47. The van der Waals surface area contributed by atoms with E-state index in [0.29, 0.717) is 12.1 Å². The first-order chi connectivity index (χ1) is 5.72. The molecule has 0 saturated heterocycles. The van der Waals surface area contributed by atoms with Crippen LogP contribution in [-0.4, -0.2) is 18.0 Å². The van der Waals surface area contributed by atoms with Crippen molar-refractivity contribution in [3.8, 4) is 0 Å². The van der Waals surface area contributed by atoms with Gasteiger partial charge in [0.25, 0.3) is 0 Å². The van der Waals surface area contributed by atoms with Crippen molar-refractivity contribution < 1.29 is 4.79 Å². The number of amides is 1. The van der Waals surface area contributed by atoms with E-state index in [1.807, 2.05) is 0 Å². The molecule has 70 valence electrons. The Balaban J connectivity index is 2.21. The Morgan fingerprint density at radius 1 is 1.25 bits per heavy atom. The van der Waals surface area contributed by atoms with Gasteiger partial charge in [-0.25, -0.2) is 0 Å². The van der Waals surface area contributed by atoms with E-state index in [4.69, 9.17) is 5.84 Å². The number of nitrogens with one attached hydrogen (secondary N) is 2. The monoisotopic (exact) mass is 171 g/mol. The summed E-state index contributed by atoms with van der Waals surface area (Å²) in [5.41, 5.74) is 2.77. The van der Waals surface area contributed by atoms with E-state index in [1.54, 1.807) is 6.92 Å². The van der Waals surface area contributed by atoms with Crippen LogP contribution in [0.2, 0.25) is 0 Å². The molecule has 1 fully saturated rings. The molecule has 0 spiro atoms. The highest BCUT2D eigenvalue weighted by Gasteiger charge is 2.20. The van der Waals surface area contributed by atoms with Crippen molar-refractivity contribution in [2.75, 3.05) is 0 Å². The van der Waals surface area contributed by atoms with Crippen LogP contribution < -0.4 is 16.6 Å². The van der Waals surface area contributed by atoms with Crippen LogP contribution >= 0.6 is 0 Å². The van der Waals surface area contributed by atoms with Crippen LogP contribution in [-0.2, 0) is 4.79 Å². The van der Waals surface area contributed by atoms with E-state index in [2.05, 4.69) is 10.7 Å². The Labute approximate surface area is 72.9 Å². The summed E-state index contributed by atoms with van der Waals surface area (Å²) in [5.74, 6) is 5.38. The minimum absolute atomic E-state index is 0.0687. The molecular formula is C8H17N3O. The highest BCUT2D eigenvalue weighted by atomic mass is 16.1. The van der Waals surface area contributed by atoms with Crippen LogP contribution in [0.1, 0.15) is 32.6 Å². The molecule has 0 aromatic carbocycles. The number of hydrogen-bond donors (Lipinski definition) is 3. The Morgan fingerprint density at radius 2 is 1.75 bits per heavy atom. The molecular weight excluding hydrogens is 154 g/mol. The van der Waals surface area contributed by atoms with Crippen molar-refractivity contribution in [3.63, 3.8) is 0 Å². The zero-order valence-electron chi connectivity index (χ0n) is 7.47. The Hall–Kier alpha value is -0.610. The summed E-state index contributed by atoms with van der Waals surface area (Å²) in [6, 6.07) is 0.808. The molecule has 0 radical (unpaired) electrons. The molecule has 0 aromatic rings. The lowest BCUT2D eigenvalue weighted by molar-refractivity contribution is -0.119. The smallest absolute Gasteiger partial charge is 0.217 e. The molecule has 0 atom stereocenters. The van der Waals surface area contributed by atoms with Crippen molar-refractivity contribution in [1.82, 2.24) is 10.7 Å². The number of rotatable bonds is 2. The lowest BCUT2D eigenvalue weighted by Gasteiger charge is -2.28. The quantitative estimate of drug-likeness (QED) is 0.401. The van der Waals surface area contributed by atoms with Crippen molar-refractivity contribution >= 4 is 5.91 Å². The summed E-state index contributed by atoms with van der Waals surface area (Å²) in [7, 11) is 0. The first-order valence-corrected chi connectivity index (χ1v) is 4.45. The first kappa shape index (κ1) is 9.48. The average molecular weight is 171 g/mol.